The zero-order valence-corrected chi connectivity index (χ0v) is 9.41. The Balaban J connectivity index is 1.92. The van der Waals surface area contributed by atoms with Crippen LogP contribution < -0.4 is 4.74 Å². The van der Waals surface area contributed by atoms with Gasteiger partial charge < -0.3 is 4.74 Å². The first-order chi connectivity index (χ1) is 8.72. The normalized spacial score (nSPS) is 10.8. The summed E-state index contributed by atoms with van der Waals surface area (Å²) in [6.45, 7) is 1.67. The van der Waals surface area contributed by atoms with Gasteiger partial charge in [-0.1, -0.05) is 0 Å². The van der Waals surface area contributed by atoms with E-state index in [0.29, 0.717) is 22.8 Å². The molecule has 0 bridgehead atoms. The average molecular weight is 245 g/mol. The summed E-state index contributed by atoms with van der Waals surface area (Å²) in [4.78, 5) is 0. The molecular weight excluding hydrogens is 237 g/mol. The number of hydrogen-bond acceptors (Lipinski definition) is 5. The fraction of sp³-hybridized carbons (Fsp3) is 0.0909. The molecule has 18 heavy (non-hydrogen) atoms. The average Bonchev–Trinajstić information content (AvgIpc) is 2.81. The predicted molar refractivity (Wildman–Crippen MR) is 59.8 cm³/mol. The van der Waals surface area contributed by atoms with Gasteiger partial charge >= 0.3 is 0 Å². The molecule has 0 fully saturated rings. The molecule has 0 aliphatic rings. The molecule has 0 N–H and O–H groups in total. The fourth-order valence-electron chi connectivity index (χ4n) is 1.49. The minimum absolute atomic E-state index is 0.272. The molecule has 0 aliphatic carbocycles. The number of benzene rings is 1. The molecule has 0 spiro atoms. The van der Waals surface area contributed by atoms with Crippen LogP contribution in [-0.2, 0) is 0 Å². The number of nitrogens with zero attached hydrogens (tertiary/aromatic N) is 5. The van der Waals surface area contributed by atoms with Crippen LogP contribution in [0.1, 0.15) is 5.56 Å². The van der Waals surface area contributed by atoms with Crippen molar-refractivity contribution in [3.8, 4) is 11.6 Å². The molecule has 0 unspecified atom stereocenters. The Kier molecular flexibility index (Phi) is 2.36. The standard InChI is InChI=1S/C11H8FN5O/c1-7-6-8(2-3-9(7)12)18-11-5-4-10-13-15-16-17(10)14-11/h2-6H,1H3. The van der Waals surface area contributed by atoms with E-state index in [9.17, 15) is 4.39 Å². The van der Waals surface area contributed by atoms with Crippen LogP contribution in [0.5, 0.6) is 11.6 Å². The SMILES string of the molecule is Cc1cc(Oc2ccc3nnnn3n2)ccc1F. The maximum absolute atomic E-state index is 13.1. The molecule has 90 valence electrons. The van der Waals surface area contributed by atoms with Crippen LogP contribution in [0.25, 0.3) is 5.65 Å². The molecule has 0 saturated carbocycles. The molecule has 0 amide bonds. The van der Waals surface area contributed by atoms with Crippen LogP contribution in [0, 0.1) is 12.7 Å². The molecule has 6 nitrogen and oxygen atoms in total. The summed E-state index contributed by atoms with van der Waals surface area (Å²) < 4.78 is 19.9. The van der Waals surface area contributed by atoms with E-state index in [0.717, 1.165) is 0 Å². The van der Waals surface area contributed by atoms with E-state index in [1.165, 1.54) is 16.8 Å². The van der Waals surface area contributed by atoms with E-state index in [1.54, 1.807) is 25.1 Å². The number of fused-ring (bicyclic) bond motifs is 1. The summed E-state index contributed by atoms with van der Waals surface area (Å²) in [5, 5.41) is 14.9. The van der Waals surface area contributed by atoms with Crippen molar-refractivity contribution in [2.24, 2.45) is 0 Å². The van der Waals surface area contributed by atoms with Gasteiger partial charge in [0.2, 0.25) is 5.88 Å². The lowest BCUT2D eigenvalue weighted by atomic mass is 10.2. The van der Waals surface area contributed by atoms with Crippen LogP contribution in [-0.4, -0.2) is 25.3 Å². The minimum Gasteiger partial charge on any atom is -0.438 e. The highest BCUT2D eigenvalue weighted by Gasteiger charge is 2.04. The lowest BCUT2D eigenvalue weighted by Gasteiger charge is -2.05. The highest BCUT2D eigenvalue weighted by molar-refractivity contribution is 5.36. The van der Waals surface area contributed by atoms with E-state index < -0.39 is 0 Å². The lowest BCUT2D eigenvalue weighted by Crippen LogP contribution is -1.97. The molecule has 0 radical (unpaired) electrons. The molecule has 3 aromatic rings. The van der Waals surface area contributed by atoms with Gasteiger partial charge in [-0.3, -0.25) is 0 Å². The van der Waals surface area contributed by atoms with Crippen LogP contribution in [0.15, 0.2) is 30.3 Å². The van der Waals surface area contributed by atoms with Crippen molar-refractivity contribution in [2.45, 2.75) is 6.92 Å². The lowest BCUT2D eigenvalue weighted by molar-refractivity contribution is 0.445. The van der Waals surface area contributed by atoms with Gasteiger partial charge in [-0.2, -0.15) is 0 Å². The molecule has 7 heteroatoms. The summed E-state index contributed by atoms with van der Waals surface area (Å²) in [6, 6.07) is 7.80. The van der Waals surface area contributed by atoms with Gasteiger partial charge in [0.15, 0.2) is 5.65 Å². The zero-order valence-electron chi connectivity index (χ0n) is 9.41. The second kappa shape index (κ2) is 4.02. The minimum atomic E-state index is -0.272. The van der Waals surface area contributed by atoms with E-state index in [2.05, 4.69) is 20.6 Å². The highest BCUT2D eigenvalue weighted by atomic mass is 19.1. The third kappa shape index (κ3) is 1.86. The van der Waals surface area contributed by atoms with Gasteiger partial charge in [-0.25, -0.2) is 4.39 Å². The summed E-state index contributed by atoms with van der Waals surface area (Å²) in [5.74, 6) is 0.570. The summed E-state index contributed by atoms with van der Waals surface area (Å²) in [7, 11) is 0. The van der Waals surface area contributed by atoms with E-state index >= 15 is 0 Å². The Hall–Kier alpha value is -2.57. The number of rotatable bonds is 2. The van der Waals surface area contributed by atoms with Crippen molar-refractivity contribution in [3.63, 3.8) is 0 Å². The Morgan fingerprint density at radius 3 is 2.94 bits per heavy atom. The van der Waals surface area contributed by atoms with Crippen molar-refractivity contribution in [3.05, 3.63) is 41.7 Å². The second-order valence-electron chi connectivity index (χ2n) is 3.71. The van der Waals surface area contributed by atoms with Crippen LogP contribution in [0.4, 0.5) is 4.39 Å². The molecule has 3 rings (SSSR count). The van der Waals surface area contributed by atoms with Crippen molar-refractivity contribution in [1.29, 1.82) is 0 Å². The molecule has 2 heterocycles. The highest BCUT2D eigenvalue weighted by Crippen LogP contribution is 2.21. The number of ether oxygens (including phenoxy) is 1. The van der Waals surface area contributed by atoms with Crippen LogP contribution >= 0.6 is 0 Å². The second-order valence-corrected chi connectivity index (χ2v) is 3.71. The number of hydrogen-bond donors (Lipinski definition) is 0. The van der Waals surface area contributed by atoms with E-state index in [-0.39, 0.29) is 5.82 Å². The Labute approximate surface area is 101 Å². The fourth-order valence-corrected chi connectivity index (χ4v) is 1.49. The zero-order chi connectivity index (χ0) is 12.5. The third-order valence-electron chi connectivity index (χ3n) is 2.40. The van der Waals surface area contributed by atoms with Gasteiger partial charge in [-0.05, 0) is 47.2 Å². The molecule has 0 saturated heterocycles. The monoisotopic (exact) mass is 245 g/mol. The number of halogens is 1. The van der Waals surface area contributed by atoms with E-state index in [1.807, 2.05) is 0 Å². The first-order valence-electron chi connectivity index (χ1n) is 5.22. The molecule has 2 aromatic heterocycles. The molecule has 0 atom stereocenters. The Morgan fingerprint density at radius 2 is 2.11 bits per heavy atom. The quantitative estimate of drug-likeness (QED) is 0.688. The topological polar surface area (TPSA) is 65.2 Å². The molecule has 1 aromatic carbocycles. The predicted octanol–water partition coefficient (Wildman–Crippen LogP) is 1.76. The summed E-state index contributed by atoms with van der Waals surface area (Å²) >= 11 is 0. The van der Waals surface area contributed by atoms with Gasteiger partial charge in [0.25, 0.3) is 0 Å². The van der Waals surface area contributed by atoms with Gasteiger partial charge in [0.1, 0.15) is 11.6 Å². The maximum Gasteiger partial charge on any atom is 0.239 e. The first-order valence-corrected chi connectivity index (χ1v) is 5.22. The van der Waals surface area contributed by atoms with Crippen molar-refractivity contribution in [1.82, 2.24) is 25.3 Å². The Morgan fingerprint density at radius 1 is 1.22 bits per heavy atom. The Bertz CT molecular complexity index is 711. The summed E-state index contributed by atoms with van der Waals surface area (Å²) in [6.07, 6.45) is 0. The molecule has 0 aliphatic heterocycles. The maximum atomic E-state index is 13.1. The van der Waals surface area contributed by atoms with Crippen LogP contribution in [0.3, 0.4) is 0 Å². The smallest absolute Gasteiger partial charge is 0.239 e. The van der Waals surface area contributed by atoms with Crippen molar-refractivity contribution in [2.75, 3.05) is 0 Å². The van der Waals surface area contributed by atoms with Gasteiger partial charge in [0, 0.05) is 6.07 Å². The van der Waals surface area contributed by atoms with Gasteiger partial charge in [-0.15, -0.1) is 14.8 Å². The van der Waals surface area contributed by atoms with Gasteiger partial charge in [0.05, 0.1) is 0 Å². The largest absolute Gasteiger partial charge is 0.438 e. The third-order valence-corrected chi connectivity index (χ3v) is 2.40. The van der Waals surface area contributed by atoms with Crippen molar-refractivity contribution < 1.29 is 9.13 Å². The number of tetrazole rings is 1. The molecular formula is C11H8FN5O. The van der Waals surface area contributed by atoms with Crippen LogP contribution in [0.2, 0.25) is 0 Å². The number of aromatic nitrogens is 5. The van der Waals surface area contributed by atoms with Crippen molar-refractivity contribution >= 4 is 5.65 Å². The number of aryl methyl sites for hydroxylation is 1. The van der Waals surface area contributed by atoms with E-state index in [4.69, 9.17) is 4.74 Å². The summed E-state index contributed by atoms with van der Waals surface area (Å²) in [5.41, 5.74) is 1.04. The first kappa shape index (κ1) is 10.6.